The Morgan fingerprint density at radius 1 is 1.47 bits per heavy atom. The van der Waals surface area contributed by atoms with Crippen molar-refractivity contribution in [1.82, 2.24) is 4.90 Å². The van der Waals surface area contributed by atoms with Crippen molar-refractivity contribution in [3.63, 3.8) is 0 Å². The third-order valence-electron chi connectivity index (χ3n) is 3.43. The number of nitrogen functional groups attached to an aromatic ring is 1. The van der Waals surface area contributed by atoms with E-state index < -0.39 is 0 Å². The van der Waals surface area contributed by atoms with Gasteiger partial charge >= 0.3 is 0 Å². The van der Waals surface area contributed by atoms with E-state index in [9.17, 15) is 4.79 Å². The SMILES string of the molecule is CN(C(=O)c1cc(Cl)ccc1NN)C1CCOCC1. The first kappa shape index (κ1) is 14.1. The number of benzene rings is 1. The number of anilines is 1. The second kappa shape index (κ2) is 6.23. The summed E-state index contributed by atoms with van der Waals surface area (Å²) in [5.74, 6) is 5.35. The Balaban J connectivity index is 2.20. The maximum atomic E-state index is 12.5. The highest BCUT2D eigenvalue weighted by atomic mass is 35.5. The second-order valence-corrected chi connectivity index (χ2v) is 5.03. The lowest BCUT2D eigenvalue weighted by Gasteiger charge is -2.31. The van der Waals surface area contributed by atoms with Crippen LogP contribution in [0.5, 0.6) is 0 Å². The fraction of sp³-hybridized carbons (Fsp3) is 0.462. The van der Waals surface area contributed by atoms with E-state index in [1.165, 1.54) is 0 Å². The number of carbonyl (C=O) groups is 1. The number of ether oxygens (including phenoxy) is 1. The van der Waals surface area contributed by atoms with Crippen molar-refractivity contribution in [2.24, 2.45) is 5.84 Å². The van der Waals surface area contributed by atoms with Crippen molar-refractivity contribution in [2.75, 3.05) is 25.7 Å². The average Bonchev–Trinajstić information content (AvgIpc) is 2.46. The van der Waals surface area contributed by atoms with Gasteiger partial charge in [-0.05, 0) is 31.0 Å². The molecule has 1 aromatic rings. The minimum atomic E-state index is -0.0812. The Labute approximate surface area is 117 Å². The number of rotatable bonds is 3. The van der Waals surface area contributed by atoms with Crippen LogP contribution in [0.4, 0.5) is 5.69 Å². The van der Waals surface area contributed by atoms with Gasteiger partial charge in [-0.2, -0.15) is 0 Å². The van der Waals surface area contributed by atoms with Crippen molar-refractivity contribution in [3.05, 3.63) is 28.8 Å². The Bertz CT molecular complexity index is 461. The Morgan fingerprint density at radius 2 is 2.16 bits per heavy atom. The molecule has 5 nitrogen and oxygen atoms in total. The zero-order valence-corrected chi connectivity index (χ0v) is 11.6. The molecule has 19 heavy (non-hydrogen) atoms. The number of hydrogen-bond acceptors (Lipinski definition) is 4. The number of nitrogens with one attached hydrogen (secondary N) is 1. The molecule has 2 rings (SSSR count). The molecule has 1 fully saturated rings. The summed E-state index contributed by atoms with van der Waals surface area (Å²) in [6, 6.07) is 5.23. The summed E-state index contributed by atoms with van der Waals surface area (Å²) < 4.78 is 5.31. The van der Waals surface area contributed by atoms with Gasteiger partial charge in [0.1, 0.15) is 0 Å². The number of nitrogens with two attached hydrogens (primary N) is 1. The highest BCUT2D eigenvalue weighted by Gasteiger charge is 2.24. The fourth-order valence-corrected chi connectivity index (χ4v) is 2.42. The summed E-state index contributed by atoms with van der Waals surface area (Å²) in [6.07, 6.45) is 1.71. The maximum Gasteiger partial charge on any atom is 0.256 e. The molecule has 6 heteroatoms. The summed E-state index contributed by atoms with van der Waals surface area (Å²) in [5.41, 5.74) is 3.60. The van der Waals surface area contributed by atoms with Crippen molar-refractivity contribution >= 4 is 23.2 Å². The predicted octanol–water partition coefficient (Wildman–Crippen LogP) is 1.88. The molecular formula is C13H18ClN3O2. The van der Waals surface area contributed by atoms with Crippen LogP contribution in [0, 0.1) is 0 Å². The van der Waals surface area contributed by atoms with Gasteiger partial charge in [-0.3, -0.25) is 10.6 Å². The van der Waals surface area contributed by atoms with E-state index in [0.29, 0.717) is 29.5 Å². The normalized spacial score (nSPS) is 16.2. The third kappa shape index (κ3) is 3.18. The molecular weight excluding hydrogens is 266 g/mol. The second-order valence-electron chi connectivity index (χ2n) is 4.59. The molecule has 1 saturated heterocycles. The molecule has 0 atom stereocenters. The van der Waals surface area contributed by atoms with Crippen LogP contribution < -0.4 is 11.3 Å². The Kier molecular flexibility index (Phi) is 4.63. The Hall–Kier alpha value is -1.30. The molecule has 1 aliphatic rings. The van der Waals surface area contributed by atoms with E-state index in [-0.39, 0.29) is 11.9 Å². The molecule has 3 N–H and O–H groups in total. The largest absolute Gasteiger partial charge is 0.381 e. The van der Waals surface area contributed by atoms with Crippen LogP contribution in [0.15, 0.2) is 18.2 Å². The lowest BCUT2D eigenvalue weighted by Crippen LogP contribution is -2.41. The molecule has 1 aliphatic heterocycles. The van der Waals surface area contributed by atoms with Gasteiger partial charge in [0.25, 0.3) is 5.91 Å². The minimum absolute atomic E-state index is 0.0812. The van der Waals surface area contributed by atoms with E-state index >= 15 is 0 Å². The van der Waals surface area contributed by atoms with Gasteiger partial charge in [-0.1, -0.05) is 11.6 Å². The molecule has 0 radical (unpaired) electrons. The number of amides is 1. The first-order chi connectivity index (χ1) is 9.13. The zero-order chi connectivity index (χ0) is 13.8. The van der Waals surface area contributed by atoms with Crippen LogP contribution in [-0.4, -0.2) is 37.1 Å². The van der Waals surface area contributed by atoms with E-state index in [1.54, 1.807) is 30.1 Å². The number of hydrogen-bond donors (Lipinski definition) is 2. The number of halogens is 1. The van der Waals surface area contributed by atoms with Crippen LogP contribution in [-0.2, 0) is 4.74 Å². The van der Waals surface area contributed by atoms with Gasteiger partial charge in [0.15, 0.2) is 0 Å². The monoisotopic (exact) mass is 283 g/mol. The van der Waals surface area contributed by atoms with Crippen LogP contribution in [0.3, 0.4) is 0 Å². The molecule has 0 saturated carbocycles. The molecule has 0 spiro atoms. The van der Waals surface area contributed by atoms with Crippen LogP contribution >= 0.6 is 11.6 Å². The molecule has 0 aliphatic carbocycles. The number of nitrogens with zero attached hydrogens (tertiary/aromatic N) is 1. The van der Waals surface area contributed by atoms with Crippen LogP contribution in [0.25, 0.3) is 0 Å². The first-order valence-electron chi connectivity index (χ1n) is 6.24. The van der Waals surface area contributed by atoms with Gasteiger partial charge in [-0.25, -0.2) is 0 Å². The van der Waals surface area contributed by atoms with Crippen molar-refractivity contribution in [1.29, 1.82) is 0 Å². The zero-order valence-electron chi connectivity index (χ0n) is 10.9. The summed E-state index contributed by atoms with van der Waals surface area (Å²) in [4.78, 5) is 14.3. The third-order valence-corrected chi connectivity index (χ3v) is 3.66. The van der Waals surface area contributed by atoms with E-state index in [4.69, 9.17) is 22.2 Å². The predicted molar refractivity (Wildman–Crippen MR) is 75.2 cm³/mol. The maximum absolute atomic E-state index is 12.5. The molecule has 0 aromatic heterocycles. The molecule has 104 valence electrons. The van der Waals surface area contributed by atoms with Crippen LogP contribution in [0.2, 0.25) is 5.02 Å². The summed E-state index contributed by atoms with van der Waals surface area (Å²) in [6.45, 7) is 1.39. The molecule has 0 unspecified atom stereocenters. The molecule has 0 bridgehead atoms. The average molecular weight is 284 g/mol. The lowest BCUT2D eigenvalue weighted by atomic mass is 10.1. The van der Waals surface area contributed by atoms with E-state index in [2.05, 4.69) is 5.43 Å². The summed E-state index contributed by atoms with van der Waals surface area (Å²) in [5, 5.41) is 0.516. The van der Waals surface area contributed by atoms with E-state index in [0.717, 1.165) is 12.8 Å². The van der Waals surface area contributed by atoms with Crippen molar-refractivity contribution < 1.29 is 9.53 Å². The van der Waals surface area contributed by atoms with Crippen molar-refractivity contribution in [2.45, 2.75) is 18.9 Å². The van der Waals surface area contributed by atoms with Gasteiger partial charge < -0.3 is 15.1 Å². The standard InChI is InChI=1S/C13H18ClN3O2/c1-17(10-4-6-19-7-5-10)13(18)11-8-9(14)2-3-12(11)16-15/h2-3,8,10,16H,4-7,15H2,1H3. The smallest absolute Gasteiger partial charge is 0.256 e. The molecule has 1 amide bonds. The summed E-state index contributed by atoms with van der Waals surface area (Å²) in [7, 11) is 1.81. The quantitative estimate of drug-likeness (QED) is 0.656. The fourth-order valence-electron chi connectivity index (χ4n) is 2.25. The topological polar surface area (TPSA) is 67.6 Å². The number of carbonyl (C=O) groups excluding carboxylic acids is 1. The van der Waals surface area contributed by atoms with Gasteiger partial charge in [0.2, 0.25) is 0 Å². The summed E-state index contributed by atoms with van der Waals surface area (Å²) >= 11 is 5.95. The molecule has 1 aromatic carbocycles. The first-order valence-corrected chi connectivity index (χ1v) is 6.62. The number of hydrazine groups is 1. The lowest BCUT2D eigenvalue weighted by molar-refractivity contribution is 0.0362. The van der Waals surface area contributed by atoms with Crippen LogP contribution in [0.1, 0.15) is 23.2 Å². The Morgan fingerprint density at radius 3 is 2.79 bits per heavy atom. The molecule has 1 heterocycles. The highest BCUT2D eigenvalue weighted by molar-refractivity contribution is 6.31. The van der Waals surface area contributed by atoms with Crippen molar-refractivity contribution in [3.8, 4) is 0 Å². The van der Waals surface area contributed by atoms with E-state index in [1.807, 2.05) is 0 Å². The van der Waals surface area contributed by atoms with Gasteiger partial charge in [0.05, 0.1) is 11.3 Å². The van der Waals surface area contributed by atoms with Gasteiger partial charge in [-0.15, -0.1) is 0 Å². The van der Waals surface area contributed by atoms with Gasteiger partial charge in [0, 0.05) is 31.3 Å². The highest BCUT2D eigenvalue weighted by Crippen LogP contribution is 2.23. The minimum Gasteiger partial charge on any atom is -0.381 e.